The molecule has 0 unspecified atom stereocenters. The van der Waals surface area contributed by atoms with E-state index >= 15 is 0 Å². The van der Waals surface area contributed by atoms with E-state index in [9.17, 15) is 4.79 Å². The topological polar surface area (TPSA) is 46.3 Å². The van der Waals surface area contributed by atoms with Gasteiger partial charge in [0.1, 0.15) is 0 Å². The Hall–Kier alpha value is -0.280. The number of carbonyl (C=O) groups is 1. The van der Waals surface area contributed by atoms with Crippen molar-refractivity contribution in [2.75, 3.05) is 13.1 Å². The lowest BCUT2D eigenvalue weighted by atomic mass is 10.0. The van der Waals surface area contributed by atoms with Crippen molar-refractivity contribution >= 4 is 18.3 Å². The Bertz CT molecular complexity index is 183. The van der Waals surface area contributed by atoms with E-state index in [0.717, 1.165) is 32.4 Å². The average Bonchev–Trinajstić information content (AvgIpc) is 2.54. The van der Waals surface area contributed by atoms with Gasteiger partial charge in [-0.1, -0.05) is 13.8 Å². The average molecular weight is 221 g/mol. The lowest BCUT2D eigenvalue weighted by Gasteiger charge is -2.21. The maximum absolute atomic E-state index is 11.8. The summed E-state index contributed by atoms with van der Waals surface area (Å²) >= 11 is 0. The molecule has 0 saturated carbocycles. The third kappa shape index (κ3) is 3.14. The number of halogens is 1. The zero-order valence-electron chi connectivity index (χ0n) is 9.03. The van der Waals surface area contributed by atoms with Crippen LogP contribution in [0.5, 0.6) is 0 Å². The predicted molar refractivity (Wildman–Crippen MR) is 60.5 cm³/mol. The Labute approximate surface area is 92.4 Å². The van der Waals surface area contributed by atoms with Crippen LogP contribution >= 0.6 is 12.4 Å². The van der Waals surface area contributed by atoms with Gasteiger partial charge >= 0.3 is 0 Å². The second-order valence-corrected chi connectivity index (χ2v) is 3.85. The van der Waals surface area contributed by atoms with Gasteiger partial charge < -0.3 is 10.6 Å². The molecule has 84 valence electrons. The smallest absolute Gasteiger partial charge is 0.225 e. The SMILES string of the molecule is CCC(CC)C(=O)N1CC[C@@H](N)C1.Cl. The molecule has 0 aromatic heterocycles. The monoisotopic (exact) mass is 220 g/mol. The van der Waals surface area contributed by atoms with Gasteiger partial charge in [-0.05, 0) is 19.3 Å². The molecule has 0 aromatic carbocycles. The zero-order valence-corrected chi connectivity index (χ0v) is 9.85. The third-order valence-electron chi connectivity index (χ3n) is 2.87. The number of amides is 1. The van der Waals surface area contributed by atoms with Crippen LogP contribution in [-0.2, 0) is 4.79 Å². The molecule has 4 heteroatoms. The minimum Gasteiger partial charge on any atom is -0.341 e. The molecule has 0 aliphatic carbocycles. The number of hydrogen-bond donors (Lipinski definition) is 1. The van der Waals surface area contributed by atoms with Crippen molar-refractivity contribution in [2.45, 2.75) is 39.2 Å². The van der Waals surface area contributed by atoms with Crippen molar-refractivity contribution in [3.63, 3.8) is 0 Å². The van der Waals surface area contributed by atoms with Crippen LogP contribution in [0.3, 0.4) is 0 Å². The summed E-state index contributed by atoms with van der Waals surface area (Å²) in [5.41, 5.74) is 5.75. The first-order valence-corrected chi connectivity index (χ1v) is 5.23. The number of nitrogens with zero attached hydrogens (tertiary/aromatic N) is 1. The lowest BCUT2D eigenvalue weighted by Crippen LogP contribution is -2.36. The molecule has 0 radical (unpaired) electrons. The highest BCUT2D eigenvalue weighted by Gasteiger charge is 2.27. The molecular formula is C10H21ClN2O. The normalized spacial score (nSPS) is 21.1. The maximum atomic E-state index is 11.8. The number of hydrogen-bond acceptors (Lipinski definition) is 2. The maximum Gasteiger partial charge on any atom is 0.225 e. The highest BCUT2D eigenvalue weighted by atomic mass is 35.5. The molecule has 1 saturated heterocycles. The molecule has 1 rings (SSSR count). The van der Waals surface area contributed by atoms with E-state index in [1.54, 1.807) is 0 Å². The largest absolute Gasteiger partial charge is 0.341 e. The van der Waals surface area contributed by atoms with Crippen LogP contribution in [0.15, 0.2) is 0 Å². The molecule has 3 nitrogen and oxygen atoms in total. The number of carbonyl (C=O) groups excluding carboxylic acids is 1. The molecule has 1 heterocycles. The van der Waals surface area contributed by atoms with Crippen LogP contribution in [0.2, 0.25) is 0 Å². The van der Waals surface area contributed by atoms with Crippen molar-refractivity contribution in [3.8, 4) is 0 Å². The van der Waals surface area contributed by atoms with Crippen molar-refractivity contribution in [3.05, 3.63) is 0 Å². The third-order valence-corrected chi connectivity index (χ3v) is 2.87. The summed E-state index contributed by atoms with van der Waals surface area (Å²) in [6.07, 6.45) is 2.86. The minimum absolute atomic E-state index is 0. The van der Waals surface area contributed by atoms with Gasteiger partial charge in [0.25, 0.3) is 0 Å². The van der Waals surface area contributed by atoms with Gasteiger partial charge in [-0.3, -0.25) is 4.79 Å². The molecule has 14 heavy (non-hydrogen) atoms. The summed E-state index contributed by atoms with van der Waals surface area (Å²) in [7, 11) is 0. The van der Waals surface area contributed by atoms with E-state index < -0.39 is 0 Å². The fourth-order valence-corrected chi connectivity index (χ4v) is 1.88. The molecule has 1 aliphatic heterocycles. The van der Waals surface area contributed by atoms with Gasteiger partial charge in [-0.15, -0.1) is 12.4 Å². The predicted octanol–water partition coefficient (Wildman–Crippen LogP) is 1.40. The molecule has 0 aromatic rings. The zero-order chi connectivity index (χ0) is 9.84. The quantitative estimate of drug-likeness (QED) is 0.782. The number of nitrogens with two attached hydrogens (primary N) is 1. The van der Waals surface area contributed by atoms with Gasteiger partial charge in [-0.2, -0.15) is 0 Å². The van der Waals surface area contributed by atoms with Crippen LogP contribution in [0.1, 0.15) is 33.1 Å². The van der Waals surface area contributed by atoms with E-state index in [1.165, 1.54) is 0 Å². The summed E-state index contributed by atoms with van der Waals surface area (Å²) in [4.78, 5) is 13.7. The summed E-state index contributed by atoms with van der Waals surface area (Å²) in [5.74, 6) is 0.517. The fraction of sp³-hybridized carbons (Fsp3) is 0.900. The van der Waals surface area contributed by atoms with Crippen molar-refractivity contribution < 1.29 is 4.79 Å². The van der Waals surface area contributed by atoms with Crippen LogP contribution < -0.4 is 5.73 Å². The first kappa shape index (κ1) is 13.7. The van der Waals surface area contributed by atoms with E-state index in [4.69, 9.17) is 5.73 Å². The van der Waals surface area contributed by atoms with E-state index in [0.29, 0.717) is 5.91 Å². The van der Waals surface area contributed by atoms with E-state index in [2.05, 4.69) is 13.8 Å². The molecule has 1 atom stereocenters. The van der Waals surface area contributed by atoms with Gasteiger partial charge in [0.2, 0.25) is 5.91 Å². The van der Waals surface area contributed by atoms with Gasteiger partial charge in [-0.25, -0.2) is 0 Å². The fourth-order valence-electron chi connectivity index (χ4n) is 1.88. The van der Waals surface area contributed by atoms with Gasteiger partial charge in [0.05, 0.1) is 0 Å². The molecular weight excluding hydrogens is 200 g/mol. The Morgan fingerprint density at radius 1 is 1.50 bits per heavy atom. The van der Waals surface area contributed by atoms with Gasteiger partial charge in [0.15, 0.2) is 0 Å². The van der Waals surface area contributed by atoms with E-state index in [1.807, 2.05) is 4.90 Å². The number of likely N-dealkylation sites (tertiary alicyclic amines) is 1. The van der Waals surface area contributed by atoms with Crippen LogP contribution in [0.4, 0.5) is 0 Å². The minimum atomic E-state index is 0. The summed E-state index contributed by atoms with van der Waals surface area (Å²) in [6, 6.07) is 0.207. The molecule has 1 fully saturated rings. The molecule has 1 aliphatic rings. The van der Waals surface area contributed by atoms with E-state index in [-0.39, 0.29) is 24.4 Å². The summed E-state index contributed by atoms with van der Waals surface area (Å²) in [6.45, 7) is 5.76. The van der Waals surface area contributed by atoms with Crippen LogP contribution in [0.25, 0.3) is 0 Å². The summed E-state index contributed by atoms with van der Waals surface area (Å²) in [5, 5.41) is 0. The molecule has 2 N–H and O–H groups in total. The molecule has 1 amide bonds. The van der Waals surface area contributed by atoms with Crippen LogP contribution in [0, 0.1) is 5.92 Å². The van der Waals surface area contributed by atoms with Crippen molar-refractivity contribution in [1.82, 2.24) is 4.90 Å². The highest BCUT2D eigenvalue weighted by Crippen LogP contribution is 2.16. The Morgan fingerprint density at radius 2 is 2.07 bits per heavy atom. The van der Waals surface area contributed by atoms with Gasteiger partial charge in [0, 0.05) is 25.0 Å². The lowest BCUT2D eigenvalue weighted by molar-refractivity contribution is -0.134. The standard InChI is InChI=1S/C10H20N2O.ClH/c1-3-8(4-2)10(13)12-6-5-9(11)7-12;/h8-9H,3-7,11H2,1-2H3;1H/t9-;/m1./s1. The van der Waals surface area contributed by atoms with Crippen molar-refractivity contribution in [2.24, 2.45) is 11.7 Å². The van der Waals surface area contributed by atoms with Crippen molar-refractivity contribution in [1.29, 1.82) is 0 Å². The first-order valence-electron chi connectivity index (χ1n) is 5.23. The molecule has 0 bridgehead atoms. The molecule has 0 spiro atoms. The Balaban J connectivity index is 0.00000169. The second kappa shape index (κ2) is 6.25. The Kier molecular flexibility index (Phi) is 6.12. The van der Waals surface area contributed by atoms with Crippen LogP contribution in [-0.4, -0.2) is 29.9 Å². The summed E-state index contributed by atoms with van der Waals surface area (Å²) < 4.78 is 0. The number of rotatable bonds is 3. The second-order valence-electron chi connectivity index (χ2n) is 3.85. The first-order chi connectivity index (χ1) is 6.19. The Morgan fingerprint density at radius 3 is 2.43 bits per heavy atom. The highest BCUT2D eigenvalue weighted by molar-refractivity contribution is 5.85.